The van der Waals surface area contributed by atoms with E-state index in [1.54, 1.807) is 0 Å². The lowest BCUT2D eigenvalue weighted by molar-refractivity contribution is 0.149. The fourth-order valence-electron chi connectivity index (χ4n) is 5.20. The van der Waals surface area contributed by atoms with Crippen LogP contribution in [0.4, 0.5) is 0 Å². The molecular formula is C33H38O. The molecule has 1 aliphatic rings. The predicted molar refractivity (Wildman–Crippen MR) is 146 cm³/mol. The van der Waals surface area contributed by atoms with Crippen LogP contribution in [0.15, 0.2) is 97.6 Å². The summed E-state index contributed by atoms with van der Waals surface area (Å²) in [4.78, 5) is 0. The van der Waals surface area contributed by atoms with Crippen molar-refractivity contribution in [2.24, 2.45) is 5.92 Å². The number of benzene rings is 3. The number of hydrogen-bond donors (Lipinski definition) is 0. The van der Waals surface area contributed by atoms with Gasteiger partial charge in [-0.3, -0.25) is 0 Å². The lowest BCUT2D eigenvalue weighted by Crippen LogP contribution is -2.14. The third kappa shape index (κ3) is 6.36. The van der Waals surface area contributed by atoms with E-state index in [0.29, 0.717) is 19.1 Å². The molecular weight excluding hydrogens is 412 g/mol. The molecule has 0 bridgehead atoms. The third-order valence-corrected chi connectivity index (χ3v) is 7.08. The highest BCUT2D eigenvalue weighted by molar-refractivity contribution is 5.73. The van der Waals surface area contributed by atoms with Crippen molar-refractivity contribution in [2.45, 2.75) is 58.0 Å². The van der Waals surface area contributed by atoms with Crippen molar-refractivity contribution in [3.63, 3.8) is 0 Å². The predicted octanol–water partition coefficient (Wildman–Crippen LogP) is 9.35. The normalized spacial score (nSPS) is 18.3. The first-order chi connectivity index (χ1) is 16.8. The van der Waals surface area contributed by atoms with E-state index in [1.807, 2.05) is 6.08 Å². The summed E-state index contributed by atoms with van der Waals surface area (Å²) in [5.41, 5.74) is 7.97. The van der Waals surface area contributed by atoms with E-state index in [1.165, 1.54) is 65.5 Å². The second-order valence-corrected chi connectivity index (χ2v) is 9.50. The summed E-state index contributed by atoms with van der Waals surface area (Å²) < 4.78 is 5.77. The largest absolute Gasteiger partial charge is 0.373 e. The van der Waals surface area contributed by atoms with Crippen molar-refractivity contribution in [3.05, 3.63) is 109 Å². The molecule has 176 valence electrons. The number of hydrogen-bond acceptors (Lipinski definition) is 1. The quantitative estimate of drug-likeness (QED) is 0.221. The van der Waals surface area contributed by atoms with E-state index in [0.717, 1.165) is 12.3 Å². The van der Waals surface area contributed by atoms with Gasteiger partial charge in [-0.25, -0.2) is 0 Å². The molecule has 0 saturated heterocycles. The molecule has 0 N–H and O–H groups in total. The standard InChI is InChI=1S/C33H38O/c1-3-5-7-10-26-13-16-31(17-14-26)33-24-27(25-34-23-4-2)15-22-32(33)30-20-18-29(19-21-30)28-11-8-6-9-12-28/h4-9,11-12,15,18-22,24,26,31H,2-3,10,13-14,16-17,23,25H2,1H3/b7-5+. The van der Waals surface area contributed by atoms with Crippen molar-refractivity contribution in [3.8, 4) is 22.3 Å². The Morgan fingerprint density at radius 2 is 1.53 bits per heavy atom. The van der Waals surface area contributed by atoms with Crippen LogP contribution in [0.25, 0.3) is 22.3 Å². The minimum Gasteiger partial charge on any atom is -0.373 e. The van der Waals surface area contributed by atoms with Gasteiger partial charge in [0.15, 0.2) is 0 Å². The van der Waals surface area contributed by atoms with Gasteiger partial charge in [-0.15, -0.1) is 6.58 Å². The molecule has 1 nitrogen and oxygen atoms in total. The first-order valence-electron chi connectivity index (χ1n) is 12.9. The molecule has 0 atom stereocenters. The monoisotopic (exact) mass is 450 g/mol. The van der Waals surface area contributed by atoms with E-state index >= 15 is 0 Å². The summed E-state index contributed by atoms with van der Waals surface area (Å²) in [5.74, 6) is 1.46. The molecule has 3 aromatic carbocycles. The van der Waals surface area contributed by atoms with Crippen LogP contribution in [0.5, 0.6) is 0 Å². The lowest BCUT2D eigenvalue weighted by atomic mass is 9.75. The zero-order valence-corrected chi connectivity index (χ0v) is 20.6. The van der Waals surface area contributed by atoms with Crippen molar-refractivity contribution < 1.29 is 4.74 Å². The Labute approximate surface area is 206 Å². The number of rotatable bonds is 10. The van der Waals surface area contributed by atoms with Crippen LogP contribution in [-0.2, 0) is 11.3 Å². The highest BCUT2D eigenvalue weighted by atomic mass is 16.5. The molecule has 1 saturated carbocycles. The molecule has 0 unspecified atom stereocenters. The maximum absolute atomic E-state index is 5.77. The van der Waals surface area contributed by atoms with E-state index in [-0.39, 0.29) is 0 Å². The molecule has 0 amide bonds. The molecule has 1 fully saturated rings. The van der Waals surface area contributed by atoms with Crippen LogP contribution >= 0.6 is 0 Å². The van der Waals surface area contributed by atoms with Crippen LogP contribution in [0.2, 0.25) is 0 Å². The van der Waals surface area contributed by atoms with Gasteiger partial charge < -0.3 is 4.74 Å². The van der Waals surface area contributed by atoms with Gasteiger partial charge in [0.2, 0.25) is 0 Å². The van der Waals surface area contributed by atoms with Crippen molar-refractivity contribution in [1.82, 2.24) is 0 Å². The Morgan fingerprint density at radius 3 is 2.24 bits per heavy atom. The zero-order valence-electron chi connectivity index (χ0n) is 20.6. The van der Waals surface area contributed by atoms with Crippen LogP contribution in [0.3, 0.4) is 0 Å². The topological polar surface area (TPSA) is 9.23 Å². The number of allylic oxidation sites excluding steroid dienone is 2. The van der Waals surface area contributed by atoms with Gasteiger partial charge in [0.05, 0.1) is 13.2 Å². The molecule has 1 aliphatic carbocycles. The zero-order chi connectivity index (χ0) is 23.6. The summed E-state index contributed by atoms with van der Waals surface area (Å²) in [6, 6.07) is 26.7. The minimum atomic E-state index is 0.592. The summed E-state index contributed by atoms with van der Waals surface area (Å²) in [7, 11) is 0. The molecule has 0 aliphatic heterocycles. The average molecular weight is 451 g/mol. The maximum atomic E-state index is 5.77. The van der Waals surface area contributed by atoms with Crippen molar-refractivity contribution in [1.29, 1.82) is 0 Å². The Morgan fingerprint density at radius 1 is 0.824 bits per heavy atom. The SMILES string of the molecule is C=CCOCc1ccc(-c2ccc(-c3ccccc3)cc2)c(C2CCC(C/C=C/CC)CC2)c1. The molecule has 0 radical (unpaired) electrons. The molecule has 4 rings (SSSR count). The van der Waals surface area contributed by atoms with E-state index < -0.39 is 0 Å². The molecule has 34 heavy (non-hydrogen) atoms. The molecule has 3 aromatic rings. The molecule has 0 spiro atoms. The van der Waals surface area contributed by atoms with Crippen LogP contribution in [0.1, 0.15) is 62.5 Å². The van der Waals surface area contributed by atoms with Crippen molar-refractivity contribution in [2.75, 3.05) is 6.61 Å². The maximum Gasteiger partial charge on any atom is 0.0721 e. The van der Waals surface area contributed by atoms with E-state index in [2.05, 4.69) is 98.5 Å². The Bertz CT molecular complexity index is 1050. The third-order valence-electron chi connectivity index (χ3n) is 7.08. The van der Waals surface area contributed by atoms with Gasteiger partial charge in [-0.2, -0.15) is 0 Å². The van der Waals surface area contributed by atoms with E-state index in [4.69, 9.17) is 4.74 Å². The highest BCUT2D eigenvalue weighted by Crippen LogP contribution is 2.41. The van der Waals surface area contributed by atoms with Crippen LogP contribution in [-0.4, -0.2) is 6.61 Å². The van der Waals surface area contributed by atoms with Gasteiger partial charge in [0.25, 0.3) is 0 Å². The smallest absolute Gasteiger partial charge is 0.0721 e. The lowest BCUT2D eigenvalue weighted by Gasteiger charge is -2.30. The second-order valence-electron chi connectivity index (χ2n) is 9.50. The molecule has 1 heteroatoms. The fraction of sp³-hybridized carbons (Fsp3) is 0.333. The Balaban J connectivity index is 1.57. The average Bonchev–Trinajstić information content (AvgIpc) is 2.90. The summed E-state index contributed by atoms with van der Waals surface area (Å²) >= 11 is 0. The van der Waals surface area contributed by atoms with Gasteiger partial charge >= 0.3 is 0 Å². The second kappa shape index (κ2) is 12.5. The van der Waals surface area contributed by atoms with Gasteiger partial charge in [-0.1, -0.05) is 97.9 Å². The van der Waals surface area contributed by atoms with Crippen LogP contribution in [0, 0.1) is 5.92 Å². The molecule has 0 aromatic heterocycles. The molecule has 0 heterocycles. The van der Waals surface area contributed by atoms with Crippen molar-refractivity contribution >= 4 is 0 Å². The first kappa shape index (κ1) is 24.2. The Hall–Kier alpha value is -2.90. The highest BCUT2D eigenvalue weighted by Gasteiger charge is 2.24. The van der Waals surface area contributed by atoms with Crippen LogP contribution < -0.4 is 0 Å². The minimum absolute atomic E-state index is 0.592. The van der Waals surface area contributed by atoms with E-state index in [9.17, 15) is 0 Å². The summed E-state index contributed by atoms with van der Waals surface area (Å²) in [5, 5.41) is 0. The van der Waals surface area contributed by atoms with Gasteiger partial charge in [-0.05, 0) is 83.7 Å². The first-order valence-corrected chi connectivity index (χ1v) is 12.9. The van der Waals surface area contributed by atoms with Gasteiger partial charge in [0.1, 0.15) is 0 Å². The number of ether oxygens (including phenoxy) is 1. The van der Waals surface area contributed by atoms with Gasteiger partial charge in [0, 0.05) is 0 Å². The Kier molecular flexibility index (Phi) is 8.93. The summed E-state index contributed by atoms with van der Waals surface area (Å²) in [6.07, 6.45) is 14.1. The fourth-order valence-corrected chi connectivity index (χ4v) is 5.20. The summed E-state index contributed by atoms with van der Waals surface area (Å²) in [6.45, 7) is 7.22.